The molecule has 0 fully saturated rings. The highest BCUT2D eigenvalue weighted by atomic mass is 35.5. The molecular weight excluding hydrogens is 338 g/mol. The molecule has 0 aromatic heterocycles. The Morgan fingerprint density at radius 2 is 1.12 bits per heavy atom. The summed E-state index contributed by atoms with van der Waals surface area (Å²) in [5, 5.41) is 0. The van der Waals surface area contributed by atoms with E-state index in [2.05, 4.69) is 44.2 Å². The largest absolute Gasteiger partial charge is 0.325 e. The van der Waals surface area contributed by atoms with Gasteiger partial charge in [-0.25, -0.2) is 0 Å². The first-order chi connectivity index (χ1) is 12.1. The molecule has 0 aliphatic heterocycles. The van der Waals surface area contributed by atoms with Crippen LogP contribution >= 0.6 is 12.4 Å². The van der Waals surface area contributed by atoms with E-state index >= 15 is 0 Å². The molecule has 0 aliphatic rings. The normalized spacial score (nSPS) is 13.2. The van der Waals surface area contributed by atoms with E-state index in [1.807, 2.05) is 0 Å². The lowest BCUT2D eigenvalue weighted by molar-refractivity contribution is 0.403. The van der Waals surface area contributed by atoms with Gasteiger partial charge in [-0.05, 0) is 25.3 Å². The quantitative estimate of drug-likeness (QED) is 0.290. The van der Waals surface area contributed by atoms with Crippen molar-refractivity contribution in [3.63, 3.8) is 0 Å². The van der Waals surface area contributed by atoms with E-state index in [1.54, 1.807) is 0 Å². The summed E-state index contributed by atoms with van der Waals surface area (Å²) in [6.07, 6.45) is 20.5. The predicted molar refractivity (Wildman–Crippen MR) is 120 cm³/mol. The minimum atomic E-state index is -0.0564. The molecule has 1 aromatic rings. The first kappa shape index (κ1) is 25.5. The van der Waals surface area contributed by atoms with Crippen molar-refractivity contribution in [2.45, 2.75) is 116 Å². The monoisotopic (exact) mass is 381 g/mol. The van der Waals surface area contributed by atoms with Crippen molar-refractivity contribution in [1.29, 1.82) is 0 Å². The van der Waals surface area contributed by atoms with Gasteiger partial charge < -0.3 is 5.73 Å². The molecule has 0 heterocycles. The number of rotatable bonds is 16. The molecule has 152 valence electrons. The molecule has 0 radical (unpaired) electrons. The summed E-state index contributed by atoms with van der Waals surface area (Å²) < 4.78 is 0. The Kier molecular flexibility index (Phi) is 16.3. The zero-order valence-electron chi connectivity index (χ0n) is 17.5. The van der Waals surface area contributed by atoms with Gasteiger partial charge in [0.15, 0.2) is 0 Å². The first-order valence-corrected chi connectivity index (χ1v) is 11.0. The molecular formula is C24H44ClN. The summed E-state index contributed by atoms with van der Waals surface area (Å²) in [7, 11) is 0. The number of halogens is 1. The van der Waals surface area contributed by atoms with E-state index in [1.165, 1.54) is 89.0 Å². The van der Waals surface area contributed by atoms with Gasteiger partial charge in [-0.15, -0.1) is 12.4 Å². The summed E-state index contributed by atoms with van der Waals surface area (Å²) in [6.45, 7) is 4.50. The average molecular weight is 382 g/mol. The number of hydrogen-bond donors (Lipinski definition) is 1. The number of hydrogen-bond acceptors (Lipinski definition) is 1. The minimum absolute atomic E-state index is 0. The Bertz CT molecular complexity index is 402. The van der Waals surface area contributed by atoms with Gasteiger partial charge in [0.05, 0.1) is 0 Å². The maximum atomic E-state index is 6.49. The first-order valence-electron chi connectivity index (χ1n) is 11.0. The van der Waals surface area contributed by atoms with Gasteiger partial charge in [0.25, 0.3) is 0 Å². The van der Waals surface area contributed by atoms with Crippen LogP contribution in [-0.2, 0) is 6.42 Å². The van der Waals surface area contributed by atoms with E-state index in [4.69, 9.17) is 5.73 Å². The zero-order chi connectivity index (χ0) is 18.2. The van der Waals surface area contributed by atoms with Crippen LogP contribution in [0.1, 0.15) is 109 Å². The third-order valence-electron chi connectivity index (χ3n) is 5.30. The lowest BCUT2D eigenvalue weighted by atomic mass is 9.88. The molecule has 0 spiro atoms. The van der Waals surface area contributed by atoms with Crippen LogP contribution in [0.4, 0.5) is 0 Å². The Labute approximate surface area is 169 Å². The highest BCUT2D eigenvalue weighted by Crippen LogP contribution is 2.19. The summed E-state index contributed by atoms with van der Waals surface area (Å²) in [5.41, 5.74) is 7.79. The van der Waals surface area contributed by atoms with Crippen molar-refractivity contribution in [1.82, 2.24) is 0 Å². The standard InChI is InChI=1S/C24H43N.ClH/c1-3-4-5-6-7-8-9-10-11-12-13-14-18-21-24(2,25)22-23-19-16-15-17-20-23;/h15-17,19-20H,3-14,18,21-22,25H2,1-2H3;1H. The van der Waals surface area contributed by atoms with Crippen molar-refractivity contribution in [3.05, 3.63) is 35.9 Å². The van der Waals surface area contributed by atoms with Crippen molar-refractivity contribution in [2.75, 3.05) is 0 Å². The Balaban J connectivity index is 0.00000625. The van der Waals surface area contributed by atoms with Crippen LogP contribution in [0.2, 0.25) is 0 Å². The molecule has 0 saturated carbocycles. The summed E-state index contributed by atoms with van der Waals surface area (Å²) in [4.78, 5) is 0. The second kappa shape index (κ2) is 16.6. The van der Waals surface area contributed by atoms with Crippen molar-refractivity contribution in [2.24, 2.45) is 5.73 Å². The minimum Gasteiger partial charge on any atom is -0.325 e. The summed E-state index contributed by atoms with van der Waals surface area (Å²) in [5.74, 6) is 0. The van der Waals surface area contributed by atoms with Gasteiger partial charge in [0.1, 0.15) is 0 Å². The Morgan fingerprint density at radius 1 is 0.692 bits per heavy atom. The smallest absolute Gasteiger partial charge is 0.0166 e. The van der Waals surface area contributed by atoms with Crippen LogP contribution in [0.3, 0.4) is 0 Å². The molecule has 1 aromatic carbocycles. The van der Waals surface area contributed by atoms with Crippen LogP contribution in [0.5, 0.6) is 0 Å². The SMILES string of the molecule is CCCCCCCCCCCCCCCC(C)(N)Cc1ccccc1.Cl. The van der Waals surface area contributed by atoms with Crippen LogP contribution in [0.15, 0.2) is 30.3 Å². The molecule has 1 unspecified atom stereocenters. The molecule has 2 heteroatoms. The lowest BCUT2D eigenvalue weighted by Crippen LogP contribution is -2.38. The molecule has 1 rings (SSSR count). The highest BCUT2D eigenvalue weighted by molar-refractivity contribution is 5.85. The predicted octanol–water partition coefficient (Wildman–Crippen LogP) is 7.85. The van der Waals surface area contributed by atoms with E-state index < -0.39 is 0 Å². The maximum absolute atomic E-state index is 6.49. The van der Waals surface area contributed by atoms with Gasteiger partial charge >= 0.3 is 0 Å². The summed E-state index contributed by atoms with van der Waals surface area (Å²) >= 11 is 0. The second-order valence-electron chi connectivity index (χ2n) is 8.31. The molecule has 1 nitrogen and oxygen atoms in total. The van der Waals surface area contributed by atoms with Gasteiger partial charge in [-0.1, -0.05) is 121 Å². The van der Waals surface area contributed by atoms with Gasteiger partial charge in [0.2, 0.25) is 0 Å². The van der Waals surface area contributed by atoms with Crippen molar-refractivity contribution in [3.8, 4) is 0 Å². The van der Waals surface area contributed by atoms with Crippen molar-refractivity contribution < 1.29 is 0 Å². The topological polar surface area (TPSA) is 26.0 Å². The van der Waals surface area contributed by atoms with Crippen molar-refractivity contribution >= 4 is 12.4 Å². The van der Waals surface area contributed by atoms with Crippen LogP contribution in [-0.4, -0.2) is 5.54 Å². The Morgan fingerprint density at radius 3 is 1.58 bits per heavy atom. The van der Waals surface area contributed by atoms with Crippen LogP contribution in [0.25, 0.3) is 0 Å². The maximum Gasteiger partial charge on any atom is 0.0166 e. The lowest BCUT2D eigenvalue weighted by Gasteiger charge is -2.24. The highest BCUT2D eigenvalue weighted by Gasteiger charge is 2.18. The van der Waals surface area contributed by atoms with E-state index in [0.29, 0.717) is 0 Å². The number of nitrogens with two attached hydrogens (primary N) is 1. The molecule has 0 bridgehead atoms. The van der Waals surface area contributed by atoms with Gasteiger partial charge in [0, 0.05) is 5.54 Å². The zero-order valence-corrected chi connectivity index (χ0v) is 18.3. The average Bonchev–Trinajstić information content (AvgIpc) is 2.59. The molecule has 0 saturated heterocycles. The fourth-order valence-electron chi connectivity index (χ4n) is 3.70. The third-order valence-corrected chi connectivity index (χ3v) is 5.30. The molecule has 0 aliphatic carbocycles. The van der Waals surface area contributed by atoms with Gasteiger partial charge in [-0.2, -0.15) is 0 Å². The third kappa shape index (κ3) is 14.6. The van der Waals surface area contributed by atoms with Crippen LogP contribution in [0, 0.1) is 0 Å². The molecule has 0 amide bonds. The Hall–Kier alpha value is -0.530. The number of unbranched alkanes of at least 4 members (excludes halogenated alkanes) is 12. The molecule has 26 heavy (non-hydrogen) atoms. The van der Waals surface area contributed by atoms with E-state index in [-0.39, 0.29) is 17.9 Å². The second-order valence-corrected chi connectivity index (χ2v) is 8.31. The number of benzene rings is 1. The summed E-state index contributed by atoms with van der Waals surface area (Å²) in [6, 6.07) is 10.7. The molecule has 2 N–H and O–H groups in total. The fourth-order valence-corrected chi connectivity index (χ4v) is 3.70. The van der Waals surface area contributed by atoms with E-state index in [9.17, 15) is 0 Å². The van der Waals surface area contributed by atoms with Crippen LogP contribution < -0.4 is 5.73 Å². The van der Waals surface area contributed by atoms with Gasteiger partial charge in [-0.3, -0.25) is 0 Å². The fraction of sp³-hybridized carbons (Fsp3) is 0.750. The van der Waals surface area contributed by atoms with E-state index in [0.717, 1.165) is 12.8 Å². The molecule has 1 atom stereocenters.